The van der Waals surface area contributed by atoms with Gasteiger partial charge in [0.05, 0.1) is 33.0 Å². The summed E-state index contributed by atoms with van der Waals surface area (Å²) in [5.74, 6) is 1.37. The molecule has 0 aliphatic heterocycles. The van der Waals surface area contributed by atoms with E-state index < -0.39 is 5.60 Å². The lowest BCUT2D eigenvalue weighted by Crippen LogP contribution is -2.44. The molecule has 38 heavy (non-hydrogen) atoms. The lowest BCUT2D eigenvalue weighted by molar-refractivity contribution is -0.116. The Morgan fingerprint density at radius 1 is 1.11 bits per heavy atom. The van der Waals surface area contributed by atoms with Crippen LogP contribution in [0.5, 0.6) is 0 Å². The molecular weight excluding hydrogens is 543 g/mol. The van der Waals surface area contributed by atoms with E-state index in [-0.39, 0.29) is 17.9 Å². The molecule has 0 saturated heterocycles. The van der Waals surface area contributed by atoms with Gasteiger partial charge in [-0.3, -0.25) is 4.79 Å². The molecule has 9 heteroatoms. The highest BCUT2D eigenvalue weighted by Crippen LogP contribution is 2.57. The predicted octanol–water partition coefficient (Wildman–Crippen LogP) is 7.54. The van der Waals surface area contributed by atoms with Crippen LogP contribution in [0.15, 0.2) is 40.9 Å². The van der Waals surface area contributed by atoms with E-state index in [0.717, 1.165) is 71.4 Å². The van der Waals surface area contributed by atoms with Gasteiger partial charge in [-0.15, -0.1) is 11.3 Å². The van der Waals surface area contributed by atoms with Crippen molar-refractivity contribution in [3.8, 4) is 11.3 Å². The molecule has 6 nitrogen and oxygen atoms in total. The number of carbonyl (C=O) groups excluding carboxylic acids is 1. The minimum Gasteiger partial charge on any atom is -0.382 e. The summed E-state index contributed by atoms with van der Waals surface area (Å²) in [5.41, 5.74) is 2.74. The van der Waals surface area contributed by atoms with E-state index in [4.69, 9.17) is 37.4 Å². The molecule has 2 aromatic carbocycles. The zero-order valence-corrected chi connectivity index (χ0v) is 22.9. The van der Waals surface area contributed by atoms with Crippen LogP contribution in [0.3, 0.4) is 0 Å². The maximum atomic E-state index is 12.0. The van der Waals surface area contributed by atoms with Gasteiger partial charge < -0.3 is 14.4 Å². The zero-order chi connectivity index (χ0) is 26.0. The molecule has 0 amide bonds. The largest absolute Gasteiger partial charge is 0.382 e. The first-order valence-corrected chi connectivity index (χ1v) is 14.7. The number of hydrogen-bond donors (Lipinski definition) is 1. The van der Waals surface area contributed by atoms with E-state index in [1.54, 1.807) is 18.2 Å². The number of rotatable bonds is 7. The Labute approximate surface area is 233 Å². The highest BCUT2D eigenvalue weighted by Gasteiger charge is 2.56. The van der Waals surface area contributed by atoms with Gasteiger partial charge >= 0.3 is 0 Å². The van der Waals surface area contributed by atoms with Crippen molar-refractivity contribution >= 4 is 51.0 Å². The molecular formula is C29H26Cl2N2O4S. The summed E-state index contributed by atoms with van der Waals surface area (Å²) in [4.78, 5) is 16.0. The quantitative estimate of drug-likeness (QED) is 0.232. The van der Waals surface area contributed by atoms with E-state index in [0.29, 0.717) is 39.4 Å². The minimum atomic E-state index is -0.961. The van der Waals surface area contributed by atoms with Gasteiger partial charge in [0.15, 0.2) is 0 Å². The zero-order valence-electron chi connectivity index (χ0n) is 20.5. The molecule has 3 saturated carbocycles. The fraction of sp³-hybridized carbons (Fsp3) is 0.414. The molecule has 196 valence electrons. The Balaban J connectivity index is 1.13. The first-order valence-electron chi connectivity index (χ1n) is 13.1. The van der Waals surface area contributed by atoms with E-state index in [1.165, 1.54) is 11.3 Å². The average molecular weight is 570 g/mol. The van der Waals surface area contributed by atoms with Crippen LogP contribution in [0, 0.1) is 11.8 Å². The molecule has 7 rings (SSSR count). The highest BCUT2D eigenvalue weighted by atomic mass is 35.5. The Hall–Kier alpha value is -2.29. The smallest absolute Gasteiger partial charge is 0.150 e. The van der Waals surface area contributed by atoms with Crippen LogP contribution < -0.4 is 0 Å². The number of aliphatic hydroxyl groups is 1. The second kappa shape index (κ2) is 9.42. The first kappa shape index (κ1) is 24.7. The van der Waals surface area contributed by atoms with Crippen LogP contribution in [0.1, 0.15) is 71.1 Å². The molecule has 2 bridgehead atoms. The van der Waals surface area contributed by atoms with E-state index >= 15 is 0 Å². The van der Waals surface area contributed by atoms with Crippen LogP contribution in [0.25, 0.3) is 21.5 Å². The van der Waals surface area contributed by atoms with Gasteiger partial charge in [-0.25, -0.2) is 4.98 Å². The summed E-state index contributed by atoms with van der Waals surface area (Å²) in [5, 5.41) is 18.2. The van der Waals surface area contributed by atoms with Crippen molar-refractivity contribution in [3.05, 3.63) is 68.3 Å². The Morgan fingerprint density at radius 2 is 1.84 bits per heavy atom. The summed E-state index contributed by atoms with van der Waals surface area (Å²) in [7, 11) is 0. The Bertz CT molecular complexity index is 1510. The number of benzene rings is 2. The molecule has 0 spiro atoms. The topological polar surface area (TPSA) is 85.5 Å². The summed E-state index contributed by atoms with van der Waals surface area (Å²) >= 11 is 14.5. The van der Waals surface area contributed by atoms with E-state index in [2.05, 4.69) is 5.16 Å². The number of nitrogens with zero attached hydrogens (tertiary/aromatic N) is 2. The first-order chi connectivity index (χ1) is 18.5. The number of aromatic nitrogens is 2. The van der Waals surface area contributed by atoms with E-state index in [9.17, 15) is 9.90 Å². The van der Waals surface area contributed by atoms with Gasteiger partial charge in [-0.05, 0) is 80.7 Å². The van der Waals surface area contributed by atoms with Crippen LogP contribution in [0.4, 0.5) is 0 Å². The second-order valence-corrected chi connectivity index (χ2v) is 12.7. The Kier molecular flexibility index (Phi) is 6.13. The maximum absolute atomic E-state index is 12.0. The van der Waals surface area contributed by atoms with Crippen molar-refractivity contribution in [2.24, 2.45) is 11.8 Å². The molecule has 2 aromatic heterocycles. The number of carbonyl (C=O) groups is 1. The minimum absolute atomic E-state index is 0.0142. The third kappa shape index (κ3) is 4.02. The lowest BCUT2D eigenvalue weighted by atomic mass is 9.73. The number of aldehydes is 1. The average Bonchev–Trinajstić information content (AvgIpc) is 3.50. The van der Waals surface area contributed by atoms with Crippen LogP contribution in [-0.2, 0) is 16.9 Å². The van der Waals surface area contributed by atoms with Crippen molar-refractivity contribution < 1.29 is 19.2 Å². The third-order valence-corrected chi connectivity index (χ3v) is 10.3. The third-order valence-electron chi connectivity index (χ3n) is 8.52. The Morgan fingerprint density at radius 3 is 2.53 bits per heavy atom. The number of hydrogen-bond acceptors (Lipinski definition) is 7. The molecule has 1 N–H and O–H groups in total. The normalized spacial score (nSPS) is 26.8. The van der Waals surface area contributed by atoms with Gasteiger partial charge in [0.25, 0.3) is 0 Å². The highest BCUT2D eigenvalue weighted by molar-refractivity contribution is 7.18. The standard InChI is InChI=1S/C29H26Cl2N2O4S/c30-21-2-1-3-22(31)25(21)26-20(27(37-33-26)16-5-6-16)14-36-19-11-17-7-8-18(12-19)29(17,35)28-32-23-9-4-15(13-34)10-24(23)38-28/h1-4,9-10,13,16-19,35H,5-8,11-12,14H2/t17-,18+,19-,29+. The lowest BCUT2D eigenvalue weighted by Gasteiger charge is -2.41. The molecule has 3 aliphatic rings. The van der Waals surface area contributed by atoms with Crippen LogP contribution in [0.2, 0.25) is 10.0 Å². The fourth-order valence-corrected chi connectivity index (χ4v) is 8.26. The van der Waals surface area contributed by atoms with Crippen molar-refractivity contribution in [1.29, 1.82) is 0 Å². The van der Waals surface area contributed by atoms with Gasteiger partial charge in [-0.2, -0.15) is 0 Å². The SMILES string of the molecule is O=Cc1ccc2nc([C@]3(O)[C@@H]4CC[C@H]3C[C@H](OCc3c(-c5c(Cl)cccc5Cl)noc3C3CC3)C4)sc2c1. The van der Waals surface area contributed by atoms with Crippen molar-refractivity contribution in [3.63, 3.8) is 0 Å². The molecule has 0 radical (unpaired) electrons. The summed E-state index contributed by atoms with van der Waals surface area (Å²) in [6.07, 6.45) is 6.41. The van der Waals surface area contributed by atoms with Gasteiger partial charge in [-0.1, -0.05) is 34.4 Å². The monoisotopic (exact) mass is 568 g/mol. The fourth-order valence-electron chi connectivity index (χ4n) is 6.42. The summed E-state index contributed by atoms with van der Waals surface area (Å²) in [6, 6.07) is 10.9. The number of thiazole rings is 1. The maximum Gasteiger partial charge on any atom is 0.150 e. The second-order valence-electron chi connectivity index (χ2n) is 10.8. The number of ether oxygens (including phenoxy) is 1. The molecule has 3 fully saturated rings. The summed E-state index contributed by atoms with van der Waals surface area (Å²) in [6.45, 7) is 0.365. The van der Waals surface area contributed by atoms with Gasteiger partial charge in [0.2, 0.25) is 0 Å². The number of halogens is 2. The molecule has 4 atom stereocenters. The van der Waals surface area contributed by atoms with Crippen molar-refractivity contribution in [1.82, 2.24) is 10.1 Å². The van der Waals surface area contributed by atoms with E-state index in [1.807, 2.05) is 18.2 Å². The molecule has 2 heterocycles. The van der Waals surface area contributed by atoms with Crippen molar-refractivity contribution in [2.75, 3.05) is 0 Å². The molecule has 4 aromatic rings. The molecule has 0 unspecified atom stereocenters. The van der Waals surface area contributed by atoms with Crippen LogP contribution >= 0.6 is 34.5 Å². The number of fused-ring (bicyclic) bond motifs is 3. The van der Waals surface area contributed by atoms with Crippen molar-refractivity contribution in [2.45, 2.75) is 62.8 Å². The van der Waals surface area contributed by atoms with Crippen LogP contribution in [-0.4, -0.2) is 27.6 Å². The van der Waals surface area contributed by atoms with Gasteiger partial charge in [0.1, 0.15) is 28.3 Å². The van der Waals surface area contributed by atoms with Gasteiger partial charge in [0, 0.05) is 22.6 Å². The summed E-state index contributed by atoms with van der Waals surface area (Å²) < 4.78 is 13.3. The predicted molar refractivity (Wildman–Crippen MR) is 147 cm³/mol. The molecule has 3 aliphatic carbocycles.